The molecule has 2 rings (SSSR count). The molecule has 0 aromatic heterocycles. The molecule has 0 radical (unpaired) electrons. The number of hydroxylamine groups is 1. The Balaban J connectivity index is 2.28. The molecule has 0 aliphatic carbocycles. The van der Waals surface area contributed by atoms with E-state index in [1.807, 2.05) is 12.1 Å². The lowest BCUT2D eigenvalue weighted by atomic mass is 10.00. The number of carbonyl (C=O) groups is 1. The second-order valence-corrected chi connectivity index (χ2v) is 4.23. The first-order chi connectivity index (χ1) is 7.70. The summed E-state index contributed by atoms with van der Waals surface area (Å²) in [5.74, 6) is -0.444. The molecule has 1 amide bonds. The van der Waals surface area contributed by atoms with Gasteiger partial charge in [-0.3, -0.25) is 10.0 Å². The number of rotatable bonds is 1. The largest absolute Gasteiger partial charge is 0.306 e. The Morgan fingerprint density at radius 2 is 2.00 bits per heavy atom. The van der Waals surface area contributed by atoms with Crippen molar-refractivity contribution in [3.8, 4) is 0 Å². The molecule has 0 saturated heterocycles. The minimum atomic E-state index is -0.444. The number of nitrogens with one attached hydrogen (secondary N) is 1. The highest BCUT2D eigenvalue weighted by Crippen LogP contribution is 2.17. The Morgan fingerprint density at radius 3 is 2.69 bits per heavy atom. The Morgan fingerprint density at radius 1 is 1.31 bits per heavy atom. The summed E-state index contributed by atoms with van der Waals surface area (Å²) in [5.41, 5.74) is 4.70. The van der Waals surface area contributed by atoms with Crippen LogP contribution >= 0.6 is 0 Å². The summed E-state index contributed by atoms with van der Waals surface area (Å²) < 4.78 is 0. The van der Waals surface area contributed by atoms with Crippen LogP contribution in [-0.4, -0.2) is 36.2 Å². The third-order valence-electron chi connectivity index (χ3n) is 3.10. The molecule has 1 aromatic rings. The molecule has 16 heavy (non-hydrogen) atoms. The monoisotopic (exact) mass is 220 g/mol. The fourth-order valence-corrected chi connectivity index (χ4v) is 2.04. The van der Waals surface area contributed by atoms with Crippen LogP contribution in [0.2, 0.25) is 0 Å². The van der Waals surface area contributed by atoms with E-state index in [9.17, 15) is 4.79 Å². The van der Waals surface area contributed by atoms with Gasteiger partial charge in [0.15, 0.2) is 0 Å². The van der Waals surface area contributed by atoms with E-state index >= 15 is 0 Å². The van der Waals surface area contributed by atoms with E-state index in [4.69, 9.17) is 5.21 Å². The van der Waals surface area contributed by atoms with Gasteiger partial charge in [-0.05, 0) is 43.1 Å². The highest BCUT2D eigenvalue weighted by atomic mass is 16.5. The minimum absolute atomic E-state index is 0.444. The summed E-state index contributed by atoms with van der Waals surface area (Å²) in [7, 11) is 2.10. The summed E-state index contributed by atoms with van der Waals surface area (Å²) in [6, 6.07) is 5.62. The molecule has 86 valence electrons. The number of amides is 1. The molecule has 0 spiro atoms. The van der Waals surface area contributed by atoms with Crippen molar-refractivity contribution in [2.75, 3.05) is 20.1 Å². The first-order valence-electron chi connectivity index (χ1n) is 5.45. The van der Waals surface area contributed by atoms with Gasteiger partial charge in [0.1, 0.15) is 0 Å². The van der Waals surface area contributed by atoms with Gasteiger partial charge in [-0.1, -0.05) is 6.07 Å². The zero-order chi connectivity index (χ0) is 11.5. The average Bonchev–Trinajstić information content (AvgIpc) is 2.50. The molecular weight excluding hydrogens is 204 g/mol. The van der Waals surface area contributed by atoms with Crippen LogP contribution in [0.4, 0.5) is 0 Å². The fourth-order valence-electron chi connectivity index (χ4n) is 2.04. The number of benzene rings is 1. The van der Waals surface area contributed by atoms with E-state index in [0.717, 1.165) is 25.9 Å². The Bertz CT molecular complexity index is 404. The molecule has 0 unspecified atom stereocenters. The van der Waals surface area contributed by atoms with Gasteiger partial charge < -0.3 is 4.90 Å². The fraction of sp³-hybridized carbons (Fsp3) is 0.417. The number of hydrogen-bond acceptors (Lipinski definition) is 3. The van der Waals surface area contributed by atoms with Gasteiger partial charge in [0.25, 0.3) is 5.91 Å². The van der Waals surface area contributed by atoms with Crippen LogP contribution in [0.3, 0.4) is 0 Å². The second-order valence-electron chi connectivity index (χ2n) is 4.23. The quantitative estimate of drug-likeness (QED) is 0.544. The van der Waals surface area contributed by atoms with E-state index < -0.39 is 5.91 Å². The number of hydrogen-bond donors (Lipinski definition) is 2. The second kappa shape index (κ2) is 4.63. The maximum Gasteiger partial charge on any atom is 0.274 e. The zero-order valence-corrected chi connectivity index (χ0v) is 9.36. The summed E-state index contributed by atoms with van der Waals surface area (Å²) in [4.78, 5) is 13.6. The summed E-state index contributed by atoms with van der Waals surface area (Å²) in [6.45, 7) is 2.07. The third-order valence-corrected chi connectivity index (χ3v) is 3.10. The lowest BCUT2D eigenvalue weighted by Crippen LogP contribution is -2.20. The average molecular weight is 220 g/mol. The van der Waals surface area contributed by atoms with E-state index in [0.29, 0.717) is 5.56 Å². The van der Waals surface area contributed by atoms with Crippen LogP contribution in [0.1, 0.15) is 21.5 Å². The molecular formula is C12H16N2O2. The van der Waals surface area contributed by atoms with Crippen molar-refractivity contribution < 1.29 is 10.0 Å². The topological polar surface area (TPSA) is 52.6 Å². The van der Waals surface area contributed by atoms with E-state index in [-0.39, 0.29) is 0 Å². The molecule has 0 saturated carbocycles. The van der Waals surface area contributed by atoms with Gasteiger partial charge >= 0.3 is 0 Å². The van der Waals surface area contributed by atoms with Crippen molar-refractivity contribution in [2.24, 2.45) is 0 Å². The minimum Gasteiger partial charge on any atom is -0.306 e. The van der Waals surface area contributed by atoms with E-state index in [1.165, 1.54) is 11.1 Å². The molecule has 4 heteroatoms. The van der Waals surface area contributed by atoms with Gasteiger partial charge in [-0.15, -0.1) is 0 Å². The van der Waals surface area contributed by atoms with Gasteiger partial charge in [0.2, 0.25) is 0 Å². The normalized spacial score (nSPS) is 16.4. The maximum atomic E-state index is 11.3. The number of nitrogens with zero attached hydrogens (tertiary/aromatic N) is 1. The molecule has 0 bridgehead atoms. The van der Waals surface area contributed by atoms with Crippen LogP contribution in [-0.2, 0) is 12.8 Å². The molecule has 1 aliphatic rings. The molecule has 4 nitrogen and oxygen atoms in total. The van der Waals surface area contributed by atoms with Crippen molar-refractivity contribution in [2.45, 2.75) is 12.8 Å². The first-order valence-corrected chi connectivity index (χ1v) is 5.45. The number of fused-ring (bicyclic) bond motifs is 1. The third kappa shape index (κ3) is 2.23. The zero-order valence-electron chi connectivity index (χ0n) is 9.36. The number of carbonyl (C=O) groups excluding carboxylic acids is 1. The molecule has 1 heterocycles. The van der Waals surface area contributed by atoms with Gasteiger partial charge in [0.05, 0.1) is 0 Å². The summed E-state index contributed by atoms with van der Waals surface area (Å²) >= 11 is 0. The first kappa shape index (κ1) is 11.1. The van der Waals surface area contributed by atoms with Crippen molar-refractivity contribution in [3.63, 3.8) is 0 Å². The number of likely N-dealkylation sites (N-methyl/N-ethyl adjacent to an activating group) is 1. The smallest absolute Gasteiger partial charge is 0.274 e. The van der Waals surface area contributed by atoms with Crippen molar-refractivity contribution in [1.82, 2.24) is 10.4 Å². The lowest BCUT2D eigenvalue weighted by molar-refractivity contribution is 0.0706. The van der Waals surface area contributed by atoms with Crippen LogP contribution < -0.4 is 5.48 Å². The molecule has 1 aliphatic heterocycles. The van der Waals surface area contributed by atoms with Crippen LogP contribution in [0.15, 0.2) is 18.2 Å². The SMILES string of the molecule is CN1CCc2ccc(C(=O)NO)cc2CC1. The van der Waals surface area contributed by atoms with Gasteiger partial charge in [-0.2, -0.15) is 0 Å². The van der Waals surface area contributed by atoms with Crippen molar-refractivity contribution >= 4 is 5.91 Å². The Hall–Kier alpha value is -1.39. The van der Waals surface area contributed by atoms with Gasteiger partial charge in [-0.25, -0.2) is 5.48 Å². The Labute approximate surface area is 94.8 Å². The van der Waals surface area contributed by atoms with E-state index in [2.05, 4.69) is 11.9 Å². The highest BCUT2D eigenvalue weighted by Gasteiger charge is 2.13. The molecule has 0 fully saturated rings. The maximum absolute atomic E-state index is 11.3. The van der Waals surface area contributed by atoms with Crippen LogP contribution in [0.5, 0.6) is 0 Å². The Kier molecular flexibility index (Phi) is 3.22. The molecule has 1 aromatic carbocycles. The lowest BCUT2D eigenvalue weighted by Gasteiger charge is -2.10. The van der Waals surface area contributed by atoms with Crippen molar-refractivity contribution in [3.05, 3.63) is 34.9 Å². The highest BCUT2D eigenvalue weighted by molar-refractivity contribution is 5.93. The van der Waals surface area contributed by atoms with Crippen molar-refractivity contribution in [1.29, 1.82) is 0 Å². The summed E-state index contributed by atoms with van der Waals surface area (Å²) in [5, 5.41) is 8.58. The predicted molar refractivity (Wildman–Crippen MR) is 60.6 cm³/mol. The standard InChI is InChI=1S/C12H16N2O2/c1-14-6-4-9-2-3-11(12(15)13-16)8-10(9)5-7-14/h2-3,8,16H,4-7H2,1H3,(H,13,15). The molecule has 2 N–H and O–H groups in total. The molecule has 0 atom stereocenters. The van der Waals surface area contributed by atoms with Crippen LogP contribution in [0.25, 0.3) is 0 Å². The van der Waals surface area contributed by atoms with Gasteiger partial charge in [0, 0.05) is 18.7 Å². The van der Waals surface area contributed by atoms with E-state index in [1.54, 1.807) is 11.5 Å². The predicted octanol–water partition coefficient (Wildman–Crippen LogP) is 0.836. The summed E-state index contributed by atoms with van der Waals surface area (Å²) in [6.07, 6.45) is 1.98. The van der Waals surface area contributed by atoms with Crippen LogP contribution in [0, 0.1) is 0 Å².